The van der Waals surface area contributed by atoms with E-state index < -0.39 is 0 Å². The average Bonchev–Trinajstić information content (AvgIpc) is 3.07. The number of piperidine rings is 1. The number of hydrogen-bond donors (Lipinski definition) is 0. The van der Waals surface area contributed by atoms with Crippen molar-refractivity contribution < 1.29 is 0 Å². The summed E-state index contributed by atoms with van der Waals surface area (Å²) in [4.78, 5) is 12.3. The fraction of sp³-hybridized carbons (Fsp3) is 0.184. The normalized spacial score (nSPS) is 14.4. The zero-order chi connectivity index (χ0) is 28.0. The Kier molecular flexibility index (Phi) is 5.96. The van der Waals surface area contributed by atoms with Crippen LogP contribution in [0.5, 0.6) is 0 Å². The number of hydrogen-bond acceptors (Lipinski definition) is 4. The number of anilines is 1. The maximum absolute atomic E-state index is 10.7. The van der Waals surface area contributed by atoms with Gasteiger partial charge in [-0.3, -0.25) is 4.98 Å². The van der Waals surface area contributed by atoms with Crippen LogP contribution in [0.1, 0.15) is 36.1 Å². The second kappa shape index (κ2) is 10.1. The van der Waals surface area contributed by atoms with Crippen molar-refractivity contribution in [3.8, 4) is 39.4 Å². The van der Waals surface area contributed by atoms with Crippen molar-refractivity contribution in [1.29, 1.82) is 5.26 Å². The summed E-state index contributed by atoms with van der Waals surface area (Å²) in [6, 6.07) is 35.0. The molecule has 1 aliphatic carbocycles. The van der Waals surface area contributed by atoms with E-state index in [-0.39, 0.29) is 0 Å². The lowest BCUT2D eigenvalue weighted by molar-refractivity contribution is 0.577. The number of aryl methyl sites for hydroxylation is 1. The topological polar surface area (TPSA) is 52.8 Å². The number of fused-ring (bicyclic) bond motifs is 6. The third-order valence-corrected chi connectivity index (χ3v) is 9.04. The van der Waals surface area contributed by atoms with E-state index in [1.54, 1.807) is 0 Å². The zero-order valence-electron chi connectivity index (χ0n) is 23.5. The van der Waals surface area contributed by atoms with Crippen molar-refractivity contribution in [2.45, 2.75) is 32.1 Å². The van der Waals surface area contributed by atoms with Gasteiger partial charge in [-0.1, -0.05) is 72.8 Å². The summed E-state index contributed by atoms with van der Waals surface area (Å²) in [5.74, 6) is 0. The van der Waals surface area contributed by atoms with Crippen molar-refractivity contribution in [2.24, 2.45) is 0 Å². The number of rotatable bonds is 3. The second-order valence-corrected chi connectivity index (χ2v) is 11.5. The van der Waals surface area contributed by atoms with Gasteiger partial charge in [0.2, 0.25) is 0 Å². The molecule has 4 heteroatoms. The molecular weight excluding hydrogens is 512 g/mol. The lowest BCUT2D eigenvalue weighted by Crippen LogP contribution is -2.30. The molecule has 2 aliphatic rings. The Balaban J connectivity index is 1.36. The minimum atomic E-state index is 0.789. The van der Waals surface area contributed by atoms with Gasteiger partial charge in [-0.25, -0.2) is 4.98 Å². The Morgan fingerprint density at radius 2 is 1.43 bits per heavy atom. The first-order valence-electron chi connectivity index (χ1n) is 15.0. The number of aromatic nitrogens is 2. The van der Waals surface area contributed by atoms with E-state index in [1.165, 1.54) is 34.2 Å². The molecule has 0 N–H and O–H groups in total. The van der Waals surface area contributed by atoms with Crippen LogP contribution in [0.25, 0.3) is 55.2 Å². The smallest absolute Gasteiger partial charge is 0.102 e. The number of nitriles is 1. The summed E-state index contributed by atoms with van der Waals surface area (Å²) in [5, 5.41) is 12.9. The first-order valence-corrected chi connectivity index (χ1v) is 15.0. The Morgan fingerprint density at radius 1 is 0.667 bits per heavy atom. The van der Waals surface area contributed by atoms with E-state index in [1.807, 2.05) is 12.3 Å². The highest BCUT2D eigenvalue weighted by molar-refractivity contribution is 6.05. The van der Waals surface area contributed by atoms with Gasteiger partial charge in [-0.15, -0.1) is 0 Å². The van der Waals surface area contributed by atoms with Crippen LogP contribution < -0.4 is 4.90 Å². The van der Waals surface area contributed by atoms with Crippen LogP contribution in [0.15, 0.2) is 97.2 Å². The van der Waals surface area contributed by atoms with Crippen LogP contribution in [-0.2, 0) is 12.8 Å². The van der Waals surface area contributed by atoms with E-state index in [0.29, 0.717) is 0 Å². The predicted molar refractivity (Wildman–Crippen MR) is 172 cm³/mol. The molecule has 3 heterocycles. The molecule has 0 amide bonds. The van der Waals surface area contributed by atoms with E-state index in [0.717, 1.165) is 88.7 Å². The van der Waals surface area contributed by atoms with Crippen molar-refractivity contribution in [3.63, 3.8) is 0 Å². The first kappa shape index (κ1) is 24.8. The zero-order valence-corrected chi connectivity index (χ0v) is 23.5. The molecule has 0 spiro atoms. The van der Waals surface area contributed by atoms with Gasteiger partial charge >= 0.3 is 0 Å². The molecule has 0 atom stereocenters. The molecule has 0 saturated carbocycles. The molecule has 2 aromatic heterocycles. The van der Waals surface area contributed by atoms with Gasteiger partial charge in [0, 0.05) is 46.9 Å². The molecular formula is C38H30N4. The standard InChI is InChI=1S/C38H30N4/c39-24-33-35(42-20-5-2-6-21-42)23-31(27-13-11-26(12-14-27)25-8-3-1-4-9-25)30-17-18-34-32(36(30)33)22-29-16-15-28-10-7-19-40-37(28)38(29)41-34/h1,3-4,7-16,19,22-23H,2,5-6,17-18,20-21H2. The van der Waals surface area contributed by atoms with Gasteiger partial charge in [0.25, 0.3) is 0 Å². The third kappa shape index (κ3) is 4.04. The lowest BCUT2D eigenvalue weighted by atomic mass is 9.79. The average molecular weight is 543 g/mol. The fourth-order valence-electron chi connectivity index (χ4n) is 6.96. The molecule has 42 heavy (non-hydrogen) atoms. The molecule has 1 aliphatic heterocycles. The van der Waals surface area contributed by atoms with Gasteiger partial charge in [-0.2, -0.15) is 5.26 Å². The van der Waals surface area contributed by atoms with Crippen LogP contribution >= 0.6 is 0 Å². The van der Waals surface area contributed by atoms with Crippen LogP contribution in [0.2, 0.25) is 0 Å². The second-order valence-electron chi connectivity index (χ2n) is 11.5. The molecule has 1 fully saturated rings. The number of benzene rings is 4. The van der Waals surface area contributed by atoms with Crippen LogP contribution in [-0.4, -0.2) is 23.1 Å². The van der Waals surface area contributed by atoms with Crippen molar-refractivity contribution >= 4 is 27.5 Å². The van der Waals surface area contributed by atoms with Gasteiger partial charge < -0.3 is 4.90 Å². The maximum Gasteiger partial charge on any atom is 0.102 e. The van der Waals surface area contributed by atoms with Crippen molar-refractivity contribution in [1.82, 2.24) is 9.97 Å². The molecule has 6 aromatic rings. The summed E-state index contributed by atoms with van der Waals surface area (Å²) < 4.78 is 0. The van der Waals surface area contributed by atoms with Gasteiger partial charge in [0.15, 0.2) is 0 Å². The Morgan fingerprint density at radius 3 is 2.24 bits per heavy atom. The summed E-state index contributed by atoms with van der Waals surface area (Å²) in [6.45, 7) is 1.97. The van der Waals surface area contributed by atoms with Crippen molar-refractivity contribution in [2.75, 3.05) is 18.0 Å². The molecule has 8 rings (SSSR count). The van der Waals surface area contributed by atoms with E-state index >= 15 is 0 Å². The predicted octanol–water partition coefficient (Wildman–Crippen LogP) is 8.74. The Bertz CT molecular complexity index is 2010. The minimum absolute atomic E-state index is 0.789. The minimum Gasteiger partial charge on any atom is -0.370 e. The van der Waals surface area contributed by atoms with Crippen LogP contribution in [0.3, 0.4) is 0 Å². The first-order chi connectivity index (χ1) is 20.8. The SMILES string of the molecule is N#Cc1c(N2CCCCC2)cc(-c2ccc(-c3ccccc3)cc2)c2c1-c1cc3ccc4cccnc4c3nc1CC2. The summed E-state index contributed by atoms with van der Waals surface area (Å²) in [5.41, 5.74) is 13.1. The molecule has 1 saturated heterocycles. The van der Waals surface area contributed by atoms with E-state index in [4.69, 9.17) is 4.98 Å². The molecule has 4 aromatic carbocycles. The number of pyridine rings is 2. The highest BCUT2D eigenvalue weighted by Crippen LogP contribution is 2.46. The quantitative estimate of drug-likeness (QED) is 0.210. The van der Waals surface area contributed by atoms with Crippen LogP contribution in [0, 0.1) is 11.3 Å². The molecule has 0 radical (unpaired) electrons. The van der Waals surface area contributed by atoms with Crippen LogP contribution in [0.4, 0.5) is 5.69 Å². The Labute approximate surface area is 245 Å². The lowest BCUT2D eigenvalue weighted by Gasteiger charge is -2.33. The van der Waals surface area contributed by atoms with E-state index in [2.05, 4.69) is 101 Å². The summed E-state index contributed by atoms with van der Waals surface area (Å²) in [6.07, 6.45) is 7.09. The Hall–Kier alpha value is -5.01. The van der Waals surface area contributed by atoms with Gasteiger partial charge in [0.05, 0.1) is 22.3 Å². The van der Waals surface area contributed by atoms with Gasteiger partial charge in [0.1, 0.15) is 6.07 Å². The van der Waals surface area contributed by atoms with Gasteiger partial charge in [-0.05, 0) is 78.1 Å². The largest absolute Gasteiger partial charge is 0.370 e. The monoisotopic (exact) mass is 542 g/mol. The fourth-order valence-corrected chi connectivity index (χ4v) is 6.96. The highest BCUT2D eigenvalue weighted by Gasteiger charge is 2.29. The molecule has 4 nitrogen and oxygen atoms in total. The molecule has 0 unspecified atom stereocenters. The van der Waals surface area contributed by atoms with Crippen molar-refractivity contribution in [3.05, 3.63) is 114 Å². The third-order valence-electron chi connectivity index (χ3n) is 9.04. The summed E-state index contributed by atoms with van der Waals surface area (Å²) in [7, 11) is 0. The number of nitrogens with zero attached hydrogens (tertiary/aromatic N) is 4. The molecule has 0 bridgehead atoms. The van der Waals surface area contributed by atoms with E-state index in [9.17, 15) is 5.26 Å². The summed E-state index contributed by atoms with van der Waals surface area (Å²) >= 11 is 0. The maximum atomic E-state index is 10.7. The molecule has 202 valence electrons. The highest BCUT2D eigenvalue weighted by atomic mass is 15.1.